The van der Waals surface area contributed by atoms with Crippen LogP contribution in [0, 0.1) is 6.92 Å². The van der Waals surface area contributed by atoms with E-state index >= 15 is 0 Å². The molecule has 182 valence electrons. The highest BCUT2D eigenvalue weighted by Gasteiger charge is 2.31. The van der Waals surface area contributed by atoms with Crippen LogP contribution in [0.5, 0.6) is 0 Å². The summed E-state index contributed by atoms with van der Waals surface area (Å²) in [5.41, 5.74) is 0.871. The molecule has 10 heteroatoms. The van der Waals surface area contributed by atoms with Gasteiger partial charge in [0, 0.05) is 19.1 Å². The highest BCUT2D eigenvalue weighted by Crippen LogP contribution is 2.29. The number of halogens is 3. The summed E-state index contributed by atoms with van der Waals surface area (Å²) in [6.07, 6.45) is -5.29. The van der Waals surface area contributed by atoms with Gasteiger partial charge in [0.2, 0.25) is 10.0 Å². The zero-order chi connectivity index (χ0) is 24.2. The van der Waals surface area contributed by atoms with Crippen molar-refractivity contribution in [2.75, 3.05) is 13.1 Å². The molecule has 1 saturated heterocycles. The molecule has 0 saturated carbocycles. The number of benzene rings is 2. The Morgan fingerprint density at radius 1 is 1.03 bits per heavy atom. The van der Waals surface area contributed by atoms with Gasteiger partial charge in [0.25, 0.3) is 0 Å². The van der Waals surface area contributed by atoms with E-state index in [4.69, 9.17) is 0 Å². The maximum Gasteiger partial charge on any atom is 0.416 e. The third-order valence-electron chi connectivity index (χ3n) is 5.89. The molecular formula is C23H29F3N2O4S. The van der Waals surface area contributed by atoms with Crippen LogP contribution in [0.1, 0.15) is 36.0 Å². The van der Waals surface area contributed by atoms with Crippen LogP contribution in [-0.2, 0) is 22.6 Å². The molecule has 2 atom stereocenters. The summed E-state index contributed by atoms with van der Waals surface area (Å²) in [5.74, 6) is 0. The molecule has 0 spiro atoms. The first kappa shape index (κ1) is 25.6. The van der Waals surface area contributed by atoms with Crippen LogP contribution in [0.4, 0.5) is 13.2 Å². The normalized spacial score (nSPS) is 18.2. The Morgan fingerprint density at radius 2 is 1.61 bits per heavy atom. The lowest BCUT2D eigenvalue weighted by atomic mass is 10.0. The van der Waals surface area contributed by atoms with Crippen molar-refractivity contribution < 1.29 is 31.8 Å². The Kier molecular flexibility index (Phi) is 8.17. The van der Waals surface area contributed by atoms with Gasteiger partial charge in [-0.3, -0.25) is 5.32 Å². The van der Waals surface area contributed by atoms with E-state index in [9.17, 15) is 31.8 Å². The number of aryl methyl sites for hydroxylation is 2. The minimum atomic E-state index is -4.40. The third kappa shape index (κ3) is 6.77. The Morgan fingerprint density at radius 3 is 2.15 bits per heavy atom. The molecule has 0 radical (unpaired) electrons. The fraction of sp³-hybridized carbons (Fsp3) is 0.478. The van der Waals surface area contributed by atoms with Crippen molar-refractivity contribution in [1.82, 2.24) is 9.62 Å². The predicted octanol–water partition coefficient (Wildman–Crippen LogP) is 3.07. The summed E-state index contributed by atoms with van der Waals surface area (Å²) >= 11 is 0. The lowest BCUT2D eigenvalue weighted by molar-refractivity contribution is -0.137. The van der Waals surface area contributed by atoms with Crippen molar-refractivity contribution in [2.45, 2.75) is 62.1 Å². The largest absolute Gasteiger partial charge is 0.416 e. The highest BCUT2D eigenvalue weighted by molar-refractivity contribution is 7.89. The van der Waals surface area contributed by atoms with Crippen molar-refractivity contribution in [3.05, 3.63) is 65.2 Å². The molecule has 1 fully saturated rings. The molecule has 1 aliphatic heterocycles. The Bertz CT molecular complexity index is 1000. The number of sulfonamides is 1. The number of aliphatic hydroxyl groups excluding tert-OH is 2. The molecule has 2 aromatic carbocycles. The summed E-state index contributed by atoms with van der Waals surface area (Å²) in [6.45, 7) is 2.47. The van der Waals surface area contributed by atoms with Crippen molar-refractivity contribution in [3.8, 4) is 0 Å². The maximum absolute atomic E-state index is 12.8. The van der Waals surface area contributed by atoms with E-state index in [0.29, 0.717) is 37.9 Å². The van der Waals surface area contributed by atoms with Crippen LogP contribution in [0.25, 0.3) is 0 Å². The summed E-state index contributed by atoms with van der Waals surface area (Å²) in [6, 6.07) is 11.2. The van der Waals surface area contributed by atoms with Crippen molar-refractivity contribution in [3.63, 3.8) is 0 Å². The second-order valence-electron chi connectivity index (χ2n) is 8.40. The van der Waals surface area contributed by atoms with Gasteiger partial charge < -0.3 is 10.2 Å². The second kappa shape index (κ2) is 10.5. The maximum atomic E-state index is 12.8. The molecule has 0 aromatic heterocycles. The van der Waals surface area contributed by atoms with Crippen molar-refractivity contribution in [2.24, 2.45) is 0 Å². The van der Waals surface area contributed by atoms with Crippen LogP contribution in [0.3, 0.4) is 0 Å². The zero-order valence-electron chi connectivity index (χ0n) is 18.3. The molecule has 2 unspecified atom stereocenters. The molecule has 3 rings (SSSR count). The molecule has 1 heterocycles. The first-order chi connectivity index (χ1) is 15.5. The van der Waals surface area contributed by atoms with E-state index in [2.05, 4.69) is 5.32 Å². The highest BCUT2D eigenvalue weighted by atomic mass is 32.2. The van der Waals surface area contributed by atoms with E-state index in [1.807, 2.05) is 6.92 Å². The number of piperidine rings is 1. The molecule has 6 nitrogen and oxygen atoms in total. The molecule has 0 bridgehead atoms. The molecule has 33 heavy (non-hydrogen) atoms. The van der Waals surface area contributed by atoms with Crippen LogP contribution in [0.2, 0.25) is 0 Å². The quantitative estimate of drug-likeness (QED) is 0.499. The van der Waals surface area contributed by atoms with E-state index < -0.39 is 34.1 Å². The Hall–Kier alpha value is -1.98. The average molecular weight is 487 g/mol. The number of nitrogens with zero attached hydrogens (tertiary/aromatic N) is 1. The van der Waals surface area contributed by atoms with Gasteiger partial charge in [-0.2, -0.15) is 17.5 Å². The van der Waals surface area contributed by atoms with E-state index in [1.54, 1.807) is 24.3 Å². The monoisotopic (exact) mass is 486 g/mol. The van der Waals surface area contributed by atoms with Gasteiger partial charge in [-0.25, -0.2) is 8.42 Å². The summed E-state index contributed by atoms with van der Waals surface area (Å²) < 4.78 is 64.9. The molecular weight excluding hydrogens is 457 g/mol. The Balaban J connectivity index is 1.45. The summed E-state index contributed by atoms with van der Waals surface area (Å²) in [4.78, 5) is 0.248. The number of rotatable bonds is 8. The second-order valence-corrected chi connectivity index (χ2v) is 10.3. The van der Waals surface area contributed by atoms with Crippen LogP contribution in [-0.4, -0.2) is 54.4 Å². The standard InChI is InChI=1S/C23H29F3N2O4S/c1-16-2-9-20(10-3-16)33(31,32)28-14-12-19(13-15-28)27-22(30)21(29)11-6-17-4-7-18(8-5-17)23(24,25)26/h2-5,7-10,19,21-22,27,29-30H,6,11-15H2,1H3. The summed E-state index contributed by atoms with van der Waals surface area (Å²) in [5, 5.41) is 23.5. The lowest BCUT2D eigenvalue weighted by Crippen LogP contribution is -2.50. The zero-order valence-corrected chi connectivity index (χ0v) is 19.1. The minimum absolute atomic E-state index is 0.162. The number of alkyl halides is 3. The van der Waals surface area contributed by atoms with E-state index in [1.165, 1.54) is 16.4 Å². The first-order valence-electron chi connectivity index (χ1n) is 10.8. The minimum Gasteiger partial charge on any atom is -0.389 e. The Labute approximate surface area is 192 Å². The van der Waals surface area contributed by atoms with Gasteiger partial charge in [0.15, 0.2) is 0 Å². The number of hydrogen-bond acceptors (Lipinski definition) is 5. The molecule has 0 aliphatic carbocycles. The van der Waals surface area contributed by atoms with Crippen molar-refractivity contribution in [1.29, 1.82) is 0 Å². The first-order valence-corrected chi connectivity index (χ1v) is 12.3. The van der Waals surface area contributed by atoms with Gasteiger partial charge in [0.05, 0.1) is 16.6 Å². The fourth-order valence-electron chi connectivity index (χ4n) is 3.81. The number of nitrogens with one attached hydrogen (secondary N) is 1. The molecule has 0 amide bonds. The average Bonchev–Trinajstić information content (AvgIpc) is 2.77. The number of aliphatic hydroxyl groups is 2. The number of hydrogen-bond donors (Lipinski definition) is 3. The van der Waals surface area contributed by atoms with Crippen LogP contribution < -0.4 is 5.32 Å². The van der Waals surface area contributed by atoms with Gasteiger partial charge in [0.1, 0.15) is 6.23 Å². The lowest BCUT2D eigenvalue weighted by Gasteiger charge is -2.33. The topological polar surface area (TPSA) is 89.9 Å². The van der Waals surface area contributed by atoms with Crippen molar-refractivity contribution >= 4 is 10.0 Å². The van der Waals surface area contributed by atoms with Crippen LogP contribution >= 0.6 is 0 Å². The fourth-order valence-corrected chi connectivity index (χ4v) is 5.28. The third-order valence-corrected chi connectivity index (χ3v) is 7.81. The van der Waals surface area contributed by atoms with Crippen LogP contribution in [0.15, 0.2) is 53.4 Å². The molecule has 2 aromatic rings. The van der Waals surface area contributed by atoms with Gasteiger partial charge in [-0.15, -0.1) is 0 Å². The van der Waals surface area contributed by atoms with Gasteiger partial charge in [-0.1, -0.05) is 29.8 Å². The summed E-state index contributed by atoms with van der Waals surface area (Å²) in [7, 11) is -3.58. The molecule has 3 N–H and O–H groups in total. The van der Waals surface area contributed by atoms with E-state index in [0.717, 1.165) is 17.7 Å². The smallest absolute Gasteiger partial charge is 0.389 e. The van der Waals surface area contributed by atoms with Gasteiger partial charge in [-0.05, 0) is 62.4 Å². The molecule has 1 aliphatic rings. The SMILES string of the molecule is Cc1ccc(S(=O)(=O)N2CCC(NC(O)C(O)CCc3ccc(C(F)(F)F)cc3)CC2)cc1. The predicted molar refractivity (Wildman–Crippen MR) is 118 cm³/mol. The van der Waals surface area contributed by atoms with E-state index in [-0.39, 0.29) is 17.4 Å². The van der Waals surface area contributed by atoms with Gasteiger partial charge >= 0.3 is 6.18 Å².